The van der Waals surface area contributed by atoms with Crippen LogP contribution in [0.5, 0.6) is 0 Å². The highest BCUT2D eigenvalue weighted by molar-refractivity contribution is 6.00. The van der Waals surface area contributed by atoms with Gasteiger partial charge in [0.25, 0.3) is 0 Å². The van der Waals surface area contributed by atoms with Crippen molar-refractivity contribution >= 4 is 5.78 Å². The van der Waals surface area contributed by atoms with Gasteiger partial charge in [-0.3, -0.25) is 4.79 Å². The molecule has 0 aromatic carbocycles. The third kappa shape index (κ3) is 1.01. The van der Waals surface area contributed by atoms with Crippen LogP contribution in [-0.4, -0.2) is 5.78 Å². The number of hydrogen-bond donors (Lipinski definition) is 1. The van der Waals surface area contributed by atoms with Crippen molar-refractivity contribution in [3.05, 3.63) is 11.3 Å². The topological polar surface area (TPSA) is 66.9 Å². The number of Topliss-reactive ketones (excluding diaryl/α,β-unsaturated/α-hetero) is 1. The minimum Gasteiger partial charge on any atom is -0.401 e. The molecule has 1 rings (SSSR count). The second-order valence-electron chi connectivity index (χ2n) is 2.29. The molecule has 52 valence electrons. The van der Waals surface area contributed by atoms with Gasteiger partial charge in [-0.05, 0) is 12.8 Å². The molecule has 0 aromatic heterocycles. The summed E-state index contributed by atoms with van der Waals surface area (Å²) in [4.78, 5) is 10.9. The van der Waals surface area contributed by atoms with E-state index in [1.807, 2.05) is 6.07 Å². The first kappa shape index (κ1) is 6.81. The second kappa shape index (κ2) is 2.53. The number of carbonyl (C=O) groups is 1. The summed E-state index contributed by atoms with van der Waals surface area (Å²) in [6.07, 6.45) is 1.95. The Morgan fingerprint density at radius 1 is 1.50 bits per heavy atom. The van der Waals surface area contributed by atoms with Crippen LogP contribution in [0.4, 0.5) is 0 Å². The van der Waals surface area contributed by atoms with E-state index in [0.29, 0.717) is 18.5 Å². The van der Waals surface area contributed by atoms with E-state index in [9.17, 15) is 4.79 Å². The number of rotatable bonds is 0. The van der Waals surface area contributed by atoms with Crippen molar-refractivity contribution in [3.8, 4) is 6.07 Å². The van der Waals surface area contributed by atoms with Crippen LogP contribution in [0, 0.1) is 11.3 Å². The fourth-order valence-corrected chi connectivity index (χ4v) is 1.00. The van der Waals surface area contributed by atoms with Gasteiger partial charge >= 0.3 is 0 Å². The Hall–Kier alpha value is -1.30. The number of carbonyl (C=O) groups excluding carboxylic acids is 1. The summed E-state index contributed by atoms with van der Waals surface area (Å²) in [5.74, 6) is -0.105. The quantitative estimate of drug-likeness (QED) is 0.526. The van der Waals surface area contributed by atoms with Gasteiger partial charge in [-0.15, -0.1) is 0 Å². The molecule has 0 aromatic rings. The predicted molar refractivity (Wildman–Crippen MR) is 35.7 cm³/mol. The Bertz CT molecular complexity index is 234. The number of nitrogens with zero attached hydrogens (tertiary/aromatic N) is 1. The molecule has 0 fully saturated rings. The summed E-state index contributed by atoms with van der Waals surface area (Å²) in [6, 6.07) is 1.81. The maximum atomic E-state index is 10.9. The van der Waals surface area contributed by atoms with E-state index in [4.69, 9.17) is 11.0 Å². The van der Waals surface area contributed by atoms with E-state index in [0.717, 1.165) is 6.42 Å². The lowest BCUT2D eigenvalue weighted by atomic mass is 9.96. The van der Waals surface area contributed by atoms with Gasteiger partial charge in [-0.25, -0.2) is 0 Å². The highest BCUT2D eigenvalue weighted by Crippen LogP contribution is 2.16. The maximum absolute atomic E-state index is 10.9. The van der Waals surface area contributed by atoms with E-state index < -0.39 is 0 Å². The molecule has 0 aliphatic heterocycles. The van der Waals surface area contributed by atoms with Crippen LogP contribution in [0.3, 0.4) is 0 Å². The zero-order chi connectivity index (χ0) is 7.56. The first-order valence-corrected chi connectivity index (χ1v) is 3.17. The summed E-state index contributed by atoms with van der Waals surface area (Å²) in [5.41, 5.74) is 6.05. The SMILES string of the molecule is N#CC1=C(N)CCCC1=O. The maximum Gasteiger partial charge on any atom is 0.175 e. The lowest BCUT2D eigenvalue weighted by Crippen LogP contribution is -2.15. The van der Waals surface area contributed by atoms with Crippen molar-refractivity contribution in [3.63, 3.8) is 0 Å². The van der Waals surface area contributed by atoms with Gasteiger partial charge < -0.3 is 5.73 Å². The van der Waals surface area contributed by atoms with Crippen molar-refractivity contribution in [1.29, 1.82) is 5.26 Å². The van der Waals surface area contributed by atoms with E-state index in [1.165, 1.54) is 0 Å². The Morgan fingerprint density at radius 2 is 2.20 bits per heavy atom. The molecular formula is C7H8N2O. The van der Waals surface area contributed by atoms with Gasteiger partial charge in [0.1, 0.15) is 11.6 Å². The third-order valence-corrected chi connectivity index (χ3v) is 1.56. The third-order valence-electron chi connectivity index (χ3n) is 1.56. The molecule has 0 unspecified atom stereocenters. The highest BCUT2D eigenvalue weighted by atomic mass is 16.1. The Morgan fingerprint density at radius 3 is 2.60 bits per heavy atom. The summed E-state index contributed by atoms with van der Waals surface area (Å²) < 4.78 is 0. The average Bonchev–Trinajstić information content (AvgIpc) is 1.88. The molecule has 0 saturated heterocycles. The molecule has 0 bridgehead atoms. The summed E-state index contributed by atoms with van der Waals surface area (Å²) in [5, 5.41) is 8.42. The molecule has 10 heavy (non-hydrogen) atoms. The van der Waals surface area contributed by atoms with Crippen LogP contribution < -0.4 is 5.73 Å². The summed E-state index contributed by atoms with van der Waals surface area (Å²) >= 11 is 0. The predicted octanol–water partition coefficient (Wildman–Crippen LogP) is 0.476. The fraction of sp³-hybridized carbons (Fsp3) is 0.429. The lowest BCUT2D eigenvalue weighted by Gasteiger charge is -2.09. The number of ketones is 1. The first-order valence-electron chi connectivity index (χ1n) is 3.17. The second-order valence-corrected chi connectivity index (χ2v) is 2.29. The van der Waals surface area contributed by atoms with Gasteiger partial charge in [-0.2, -0.15) is 5.26 Å². The van der Waals surface area contributed by atoms with Crippen LogP contribution in [0.2, 0.25) is 0 Å². The van der Waals surface area contributed by atoms with Crippen LogP contribution in [-0.2, 0) is 4.79 Å². The van der Waals surface area contributed by atoms with Gasteiger partial charge in [0.2, 0.25) is 0 Å². The van der Waals surface area contributed by atoms with Gasteiger partial charge in [0, 0.05) is 12.1 Å². The number of hydrogen-bond acceptors (Lipinski definition) is 3. The molecule has 0 spiro atoms. The molecule has 0 saturated carbocycles. The van der Waals surface area contributed by atoms with Gasteiger partial charge in [-0.1, -0.05) is 0 Å². The zero-order valence-electron chi connectivity index (χ0n) is 5.55. The van der Waals surface area contributed by atoms with Crippen molar-refractivity contribution in [2.24, 2.45) is 5.73 Å². The van der Waals surface area contributed by atoms with Crippen molar-refractivity contribution in [2.45, 2.75) is 19.3 Å². The van der Waals surface area contributed by atoms with E-state index >= 15 is 0 Å². The van der Waals surface area contributed by atoms with Gasteiger partial charge in [0.05, 0.1) is 0 Å². The number of allylic oxidation sites excluding steroid dienone is 2. The van der Waals surface area contributed by atoms with Crippen LogP contribution in [0.1, 0.15) is 19.3 Å². The van der Waals surface area contributed by atoms with Crippen LogP contribution in [0.15, 0.2) is 11.3 Å². The highest BCUT2D eigenvalue weighted by Gasteiger charge is 2.17. The molecule has 3 nitrogen and oxygen atoms in total. The molecule has 0 radical (unpaired) electrons. The molecule has 0 atom stereocenters. The van der Waals surface area contributed by atoms with Crippen molar-refractivity contribution in [2.75, 3.05) is 0 Å². The Labute approximate surface area is 59.1 Å². The Kier molecular flexibility index (Phi) is 1.72. The van der Waals surface area contributed by atoms with Gasteiger partial charge in [0.15, 0.2) is 5.78 Å². The number of nitrogens with two attached hydrogens (primary N) is 1. The first-order chi connectivity index (χ1) is 4.75. The molecule has 1 aliphatic rings. The van der Waals surface area contributed by atoms with Crippen molar-refractivity contribution in [1.82, 2.24) is 0 Å². The normalized spacial score (nSPS) is 18.9. The minimum atomic E-state index is -0.105. The minimum absolute atomic E-state index is 0.105. The summed E-state index contributed by atoms with van der Waals surface area (Å²) in [6.45, 7) is 0. The standard InChI is InChI=1S/C7H8N2O/c8-4-5-6(9)2-1-3-7(5)10/h1-3,9H2. The fourth-order valence-electron chi connectivity index (χ4n) is 1.00. The smallest absolute Gasteiger partial charge is 0.175 e. The average molecular weight is 136 g/mol. The molecular weight excluding hydrogens is 128 g/mol. The lowest BCUT2D eigenvalue weighted by molar-refractivity contribution is -0.115. The monoisotopic (exact) mass is 136 g/mol. The number of nitriles is 1. The Balaban J connectivity index is 2.98. The van der Waals surface area contributed by atoms with Crippen LogP contribution >= 0.6 is 0 Å². The van der Waals surface area contributed by atoms with Crippen molar-refractivity contribution < 1.29 is 4.79 Å². The van der Waals surface area contributed by atoms with E-state index in [2.05, 4.69) is 0 Å². The molecule has 3 heteroatoms. The molecule has 0 heterocycles. The molecule has 1 aliphatic carbocycles. The van der Waals surface area contributed by atoms with Crippen LogP contribution in [0.25, 0.3) is 0 Å². The largest absolute Gasteiger partial charge is 0.401 e. The zero-order valence-corrected chi connectivity index (χ0v) is 5.55. The van der Waals surface area contributed by atoms with E-state index in [1.54, 1.807) is 0 Å². The van der Waals surface area contributed by atoms with E-state index in [-0.39, 0.29) is 11.4 Å². The molecule has 2 N–H and O–H groups in total. The molecule has 0 amide bonds. The summed E-state index contributed by atoms with van der Waals surface area (Å²) in [7, 11) is 0.